The molecule has 2 N–H and O–H groups in total. The molecule has 0 aliphatic carbocycles. The van der Waals surface area contributed by atoms with E-state index in [1.54, 1.807) is 72.9 Å². The molecule has 9 nitrogen and oxygen atoms in total. The van der Waals surface area contributed by atoms with Crippen molar-refractivity contribution < 1.29 is 27.9 Å². The van der Waals surface area contributed by atoms with Gasteiger partial charge in [-0.3, -0.25) is 4.79 Å². The number of esters is 1. The van der Waals surface area contributed by atoms with E-state index in [1.807, 2.05) is 0 Å². The second kappa shape index (κ2) is 14.0. The second-order valence-electron chi connectivity index (χ2n) is 9.50. The van der Waals surface area contributed by atoms with Crippen molar-refractivity contribution in [1.29, 1.82) is 0 Å². The van der Waals surface area contributed by atoms with Gasteiger partial charge in [0.05, 0.1) is 53.9 Å². The summed E-state index contributed by atoms with van der Waals surface area (Å²) in [5, 5.41) is 6.72. The van der Waals surface area contributed by atoms with Crippen LogP contribution in [0.4, 0.5) is 15.8 Å². The van der Waals surface area contributed by atoms with Crippen LogP contribution in [0.2, 0.25) is 10.0 Å². The van der Waals surface area contributed by atoms with Crippen LogP contribution in [0, 0.1) is 5.82 Å². The molecule has 0 spiro atoms. The lowest BCUT2D eigenvalue weighted by molar-refractivity contribution is -0.115. The molecule has 224 valence electrons. The van der Waals surface area contributed by atoms with Crippen LogP contribution in [-0.2, 0) is 29.1 Å². The summed E-state index contributed by atoms with van der Waals surface area (Å²) in [5.74, 6) is -0.411. The molecule has 2 heterocycles. The topological polar surface area (TPSA) is 116 Å². The Morgan fingerprint density at radius 3 is 2.61 bits per heavy atom. The smallest absolute Gasteiger partial charge is 0.337 e. The van der Waals surface area contributed by atoms with Crippen LogP contribution >= 0.6 is 23.2 Å². The number of pyridine rings is 1. The number of halogens is 3. The SMILES string of the molecule is COC(=O)c1ccc(NC(=O)Cc2ccc(-c3cccc(OCc4ccc(Cl)cc4F)n3)c(Cl)c2)c(NCc2cnco2)c1. The normalized spacial score (nSPS) is 10.7. The average molecular weight is 635 g/mol. The maximum absolute atomic E-state index is 14.1. The number of nitrogens with zero attached hydrogens (tertiary/aromatic N) is 2. The highest BCUT2D eigenvalue weighted by Crippen LogP contribution is 2.30. The monoisotopic (exact) mass is 634 g/mol. The summed E-state index contributed by atoms with van der Waals surface area (Å²) in [5.41, 5.74) is 3.48. The number of hydrogen-bond acceptors (Lipinski definition) is 8. The van der Waals surface area contributed by atoms with Gasteiger partial charge >= 0.3 is 5.97 Å². The first-order chi connectivity index (χ1) is 21.3. The van der Waals surface area contributed by atoms with Gasteiger partial charge in [-0.05, 0) is 48.0 Å². The molecule has 0 fully saturated rings. The Kier molecular flexibility index (Phi) is 9.73. The standard InChI is InChI=1S/C32H25Cl2FN4O5/c1-42-32(41)20-7-10-28(29(13-20)37-16-23-15-36-18-44-23)38-30(40)12-19-5-9-24(25(34)11-19)27-3-2-4-31(39-27)43-17-21-6-8-22(33)14-26(21)35/h2-11,13-15,18,37H,12,16-17H2,1H3,(H,38,40). The van der Waals surface area contributed by atoms with E-state index in [1.165, 1.54) is 19.6 Å². The summed E-state index contributed by atoms with van der Waals surface area (Å²) >= 11 is 12.4. The van der Waals surface area contributed by atoms with Crippen molar-refractivity contribution in [2.75, 3.05) is 17.7 Å². The Bertz CT molecular complexity index is 1800. The predicted molar refractivity (Wildman–Crippen MR) is 164 cm³/mol. The highest BCUT2D eigenvalue weighted by Gasteiger charge is 2.15. The van der Waals surface area contributed by atoms with E-state index < -0.39 is 11.8 Å². The van der Waals surface area contributed by atoms with Gasteiger partial charge < -0.3 is 24.5 Å². The van der Waals surface area contributed by atoms with Crippen molar-refractivity contribution in [2.45, 2.75) is 19.6 Å². The number of amides is 1. The zero-order valence-electron chi connectivity index (χ0n) is 23.3. The first kappa shape index (κ1) is 30.5. The minimum absolute atomic E-state index is 0.0239. The first-order valence-corrected chi connectivity index (χ1v) is 14.0. The van der Waals surface area contributed by atoms with Gasteiger partial charge in [0.1, 0.15) is 18.2 Å². The molecule has 5 rings (SSSR count). The second-order valence-corrected chi connectivity index (χ2v) is 10.3. The fourth-order valence-electron chi connectivity index (χ4n) is 4.25. The number of oxazole rings is 1. The minimum Gasteiger partial charge on any atom is -0.473 e. The molecule has 0 saturated carbocycles. The van der Waals surface area contributed by atoms with Crippen LogP contribution in [0.3, 0.4) is 0 Å². The van der Waals surface area contributed by atoms with Crippen molar-refractivity contribution in [3.8, 4) is 17.1 Å². The Hall–Kier alpha value is -4.93. The van der Waals surface area contributed by atoms with Gasteiger partial charge in [0.25, 0.3) is 0 Å². The number of ether oxygens (including phenoxy) is 2. The summed E-state index contributed by atoms with van der Waals surface area (Å²) in [6, 6.07) is 19.6. The third-order valence-electron chi connectivity index (χ3n) is 6.44. The van der Waals surface area contributed by atoms with Gasteiger partial charge in [-0.25, -0.2) is 19.2 Å². The Morgan fingerprint density at radius 2 is 1.86 bits per heavy atom. The van der Waals surface area contributed by atoms with E-state index >= 15 is 0 Å². The van der Waals surface area contributed by atoms with E-state index in [4.69, 9.17) is 37.1 Å². The van der Waals surface area contributed by atoms with Crippen LogP contribution in [0.5, 0.6) is 5.88 Å². The van der Waals surface area contributed by atoms with Crippen molar-refractivity contribution >= 4 is 46.5 Å². The summed E-state index contributed by atoms with van der Waals surface area (Å²) < 4.78 is 29.9. The number of anilines is 2. The van der Waals surface area contributed by atoms with Crippen LogP contribution in [0.25, 0.3) is 11.3 Å². The molecule has 12 heteroatoms. The number of nitrogens with one attached hydrogen (secondary N) is 2. The number of carbonyl (C=O) groups excluding carboxylic acids is 2. The molecule has 2 aromatic heterocycles. The van der Waals surface area contributed by atoms with Crippen LogP contribution in [0.15, 0.2) is 89.8 Å². The number of carbonyl (C=O) groups is 2. The molecule has 1 amide bonds. The molecule has 0 saturated heterocycles. The number of aromatic nitrogens is 2. The highest BCUT2D eigenvalue weighted by molar-refractivity contribution is 6.33. The van der Waals surface area contributed by atoms with E-state index in [0.29, 0.717) is 61.0 Å². The van der Waals surface area contributed by atoms with Crippen LogP contribution in [0.1, 0.15) is 27.2 Å². The molecule has 0 bridgehead atoms. The fourth-order valence-corrected chi connectivity index (χ4v) is 4.71. The summed E-state index contributed by atoms with van der Waals surface area (Å²) in [7, 11) is 1.29. The molecule has 5 aromatic rings. The van der Waals surface area contributed by atoms with E-state index in [-0.39, 0.29) is 25.5 Å². The lowest BCUT2D eigenvalue weighted by Gasteiger charge is -2.14. The first-order valence-electron chi connectivity index (χ1n) is 13.2. The maximum atomic E-state index is 14.1. The van der Waals surface area contributed by atoms with Crippen LogP contribution < -0.4 is 15.4 Å². The Labute approximate surface area is 262 Å². The van der Waals surface area contributed by atoms with Gasteiger partial charge in [0, 0.05) is 22.2 Å². The molecule has 0 atom stereocenters. The molecule has 0 aliphatic rings. The molecule has 0 unspecified atom stereocenters. The van der Waals surface area contributed by atoms with Gasteiger partial charge in [-0.1, -0.05) is 47.5 Å². The van der Waals surface area contributed by atoms with Gasteiger partial charge in [-0.15, -0.1) is 0 Å². The van der Waals surface area contributed by atoms with Gasteiger partial charge in [0.2, 0.25) is 11.8 Å². The van der Waals surface area contributed by atoms with Gasteiger partial charge in [-0.2, -0.15) is 0 Å². The van der Waals surface area contributed by atoms with Crippen molar-refractivity contribution in [1.82, 2.24) is 9.97 Å². The van der Waals surface area contributed by atoms with Gasteiger partial charge in [0.15, 0.2) is 6.39 Å². The van der Waals surface area contributed by atoms with E-state index in [2.05, 4.69) is 20.6 Å². The largest absolute Gasteiger partial charge is 0.473 e. The zero-order chi connectivity index (χ0) is 31.1. The third kappa shape index (κ3) is 7.71. The number of rotatable bonds is 11. The zero-order valence-corrected chi connectivity index (χ0v) is 24.8. The van der Waals surface area contributed by atoms with Crippen LogP contribution in [-0.4, -0.2) is 29.0 Å². The van der Waals surface area contributed by atoms with Crippen molar-refractivity contribution in [3.63, 3.8) is 0 Å². The molecular weight excluding hydrogens is 610 g/mol. The quantitative estimate of drug-likeness (QED) is 0.145. The molecule has 44 heavy (non-hydrogen) atoms. The number of methoxy groups -OCH3 is 1. The van der Waals surface area contributed by atoms with Crippen molar-refractivity contribution in [3.05, 3.63) is 124 Å². The highest BCUT2D eigenvalue weighted by atomic mass is 35.5. The molecule has 0 aliphatic heterocycles. The summed E-state index contributed by atoms with van der Waals surface area (Å²) in [6.45, 7) is 0.257. The average Bonchev–Trinajstić information content (AvgIpc) is 3.54. The predicted octanol–water partition coefficient (Wildman–Crippen LogP) is 7.34. The maximum Gasteiger partial charge on any atom is 0.337 e. The molecule has 3 aromatic carbocycles. The fraction of sp³-hybridized carbons (Fsp3) is 0.125. The molecule has 0 radical (unpaired) electrons. The Balaban J connectivity index is 1.26. The van der Waals surface area contributed by atoms with E-state index in [0.717, 1.165) is 0 Å². The lowest BCUT2D eigenvalue weighted by Crippen LogP contribution is -2.16. The Morgan fingerprint density at radius 1 is 1.00 bits per heavy atom. The molecular formula is C32H25Cl2FN4O5. The summed E-state index contributed by atoms with van der Waals surface area (Å²) in [6.07, 6.45) is 2.90. The van der Waals surface area contributed by atoms with Crippen molar-refractivity contribution in [2.24, 2.45) is 0 Å². The number of benzene rings is 3. The summed E-state index contributed by atoms with van der Waals surface area (Å²) in [4.78, 5) is 33.5. The number of hydrogen-bond donors (Lipinski definition) is 2. The van der Waals surface area contributed by atoms with E-state index in [9.17, 15) is 14.0 Å². The third-order valence-corrected chi connectivity index (χ3v) is 6.99. The minimum atomic E-state index is -0.512. The lowest BCUT2D eigenvalue weighted by atomic mass is 10.1.